The summed E-state index contributed by atoms with van der Waals surface area (Å²) in [6, 6.07) is 0. The molecule has 3 heteroatoms. The summed E-state index contributed by atoms with van der Waals surface area (Å²) < 4.78 is 6.01. The summed E-state index contributed by atoms with van der Waals surface area (Å²) in [5.41, 5.74) is 0.880. The summed E-state index contributed by atoms with van der Waals surface area (Å²) in [6.45, 7) is 12.9. The van der Waals surface area contributed by atoms with Crippen molar-refractivity contribution in [2.24, 2.45) is 35.0 Å². The van der Waals surface area contributed by atoms with Crippen molar-refractivity contribution in [1.82, 2.24) is 0 Å². The molecule has 0 radical (unpaired) electrons. The zero-order valence-electron chi connectivity index (χ0n) is 15.6. The van der Waals surface area contributed by atoms with Crippen LogP contribution in [0.15, 0.2) is 11.6 Å². The molecule has 23 heavy (non-hydrogen) atoms. The van der Waals surface area contributed by atoms with E-state index in [1.165, 1.54) is 6.42 Å². The molecule has 0 aliphatic heterocycles. The SMILES string of the molecule is C/C(=C\C1C(C(=O)OC2CC(C)CCC2C(C)C)C1(C)C)CO. The number of carbonyl (C=O) groups is 1. The fourth-order valence-electron chi connectivity index (χ4n) is 4.27. The van der Waals surface area contributed by atoms with Crippen LogP contribution in [0.4, 0.5) is 0 Å². The molecule has 5 unspecified atom stereocenters. The van der Waals surface area contributed by atoms with Gasteiger partial charge in [-0.1, -0.05) is 52.7 Å². The maximum atomic E-state index is 12.7. The van der Waals surface area contributed by atoms with Crippen LogP contribution in [0.1, 0.15) is 60.8 Å². The Bertz CT molecular complexity index is 464. The Morgan fingerprint density at radius 3 is 2.57 bits per heavy atom. The van der Waals surface area contributed by atoms with Crippen LogP contribution in [-0.2, 0) is 9.53 Å². The second-order valence-corrected chi connectivity index (χ2v) is 8.80. The summed E-state index contributed by atoms with van der Waals surface area (Å²) in [7, 11) is 0. The van der Waals surface area contributed by atoms with Gasteiger partial charge in [0.2, 0.25) is 0 Å². The lowest BCUT2D eigenvalue weighted by Crippen LogP contribution is -2.36. The number of allylic oxidation sites excluding steroid dienone is 1. The highest BCUT2D eigenvalue weighted by molar-refractivity contribution is 5.78. The highest BCUT2D eigenvalue weighted by Crippen LogP contribution is 2.60. The van der Waals surface area contributed by atoms with Gasteiger partial charge in [0.15, 0.2) is 0 Å². The second-order valence-electron chi connectivity index (χ2n) is 8.80. The average molecular weight is 322 g/mol. The molecule has 0 aromatic heterocycles. The molecule has 5 atom stereocenters. The molecule has 0 saturated heterocycles. The van der Waals surface area contributed by atoms with Crippen LogP contribution in [0, 0.1) is 35.0 Å². The number of aliphatic hydroxyl groups is 1. The van der Waals surface area contributed by atoms with Gasteiger partial charge in [-0.3, -0.25) is 4.79 Å². The molecule has 0 bridgehead atoms. The third kappa shape index (κ3) is 3.99. The maximum Gasteiger partial charge on any atom is 0.310 e. The Morgan fingerprint density at radius 1 is 1.35 bits per heavy atom. The third-order valence-corrected chi connectivity index (χ3v) is 6.11. The quantitative estimate of drug-likeness (QED) is 0.609. The van der Waals surface area contributed by atoms with Gasteiger partial charge in [-0.15, -0.1) is 0 Å². The molecule has 2 aliphatic carbocycles. The Balaban J connectivity index is 2.03. The molecule has 0 amide bonds. The summed E-state index contributed by atoms with van der Waals surface area (Å²) in [5, 5.41) is 9.21. The van der Waals surface area contributed by atoms with Crippen LogP contribution in [0.2, 0.25) is 0 Å². The summed E-state index contributed by atoms with van der Waals surface area (Å²) >= 11 is 0. The van der Waals surface area contributed by atoms with Crippen molar-refractivity contribution in [3.8, 4) is 0 Å². The van der Waals surface area contributed by atoms with Crippen molar-refractivity contribution in [3.63, 3.8) is 0 Å². The van der Waals surface area contributed by atoms with Crippen molar-refractivity contribution in [3.05, 3.63) is 11.6 Å². The van der Waals surface area contributed by atoms with E-state index < -0.39 is 0 Å². The zero-order chi connectivity index (χ0) is 17.4. The molecule has 0 heterocycles. The number of esters is 1. The molecule has 0 spiro atoms. The monoisotopic (exact) mass is 322 g/mol. The normalized spacial score (nSPS) is 36.9. The number of aliphatic hydroxyl groups excluding tert-OH is 1. The third-order valence-electron chi connectivity index (χ3n) is 6.11. The molecular weight excluding hydrogens is 288 g/mol. The fourth-order valence-corrected chi connectivity index (χ4v) is 4.27. The largest absolute Gasteiger partial charge is 0.462 e. The molecule has 2 aliphatic rings. The van der Waals surface area contributed by atoms with Crippen LogP contribution in [0.3, 0.4) is 0 Å². The van der Waals surface area contributed by atoms with E-state index in [9.17, 15) is 9.90 Å². The molecule has 0 aromatic carbocycles. The first-order valence-corrected chi connectivity index (χ1v) is 9.17. The van der Waals surface area contributed by atoms with Gasteiger partial charge in [-0.25, -0.2) is 0 Å². The minimum Gasteiger partial charge on any atom is -0.462 e. The van der Waals surface area contributed by atoms with Gasteiger partial charge in [0.25, 0.3) is 0 Å². The van der Waals surface area contributed by atoms with E-state index >= 15 is 0 Å². The fraction of sp³-hybridized carbons (Fsp3) is 0.850. The van der Waals surface area contributed by atoms with E-state index in [1.54, 1.807) is 0 Å². The predicted molar refractivity (Wildman–Crippen MR) is 92.8 cm³/mol. The van der Waals surface area contributed by atoms with Gasteiger partial charge in [0.05, 0.1) is 12.5 Å². The molecule has 0 aromatic rings. The van der Waals surface area contributed by atoms with Crippen molar-refractivity contribution in [2.45, 2.75) is 66.9 Å². The van der Waals surface area contributed by atoms with E-state index in [0.29, 0.717) is 17.8 Å². The lowest BCUT2D eigenvalue weighted by atomic mass is 9.75. The molecule has 1 N–H and O–H groups in total. The van der Waals surface area contributed by atoms with Crippen LogP contribution < -0.4 is 0 Å². The van der Waals surface area contributed by atoms with Crippen molar-refractivity contribution < 1.29 is 14.6 Å². The number of hydrogen-bond donors (Lipinski definition) is 1. The Labute approximate surface area is 141 Å². The van der Waals surface area contributed by atoms with Gasteiger partial charge < -0.3 is 9.84 Å². The Hall–Kier alpha value is -0.830. The van der Waals surface area contributed by atoms with E-state index in [4.69, 9.17) is 4.74 Å². The van der Waals surface area contributed by atoms with Crippen LogP contribution in [0.25, 0.3) is 0 Å². The van der Waals surface area contributed by atoms with E-state index in [1.807, 2.05) is 6.92 Å². The highest BCUT2D eigenvalue weighted by atomic mass is 16.5. The lowest BCUT2D eigenvalue weighted by molar-refractivity contribution is -0.158. The maximum absolute atomic E-state index is 12.7. The Morgan fingerprint density at radius 2 is 2.00 bits per heavy atom. The first-order chi connectivity index (χ1) is 10.7. The van der Waals surface area contributed by atoms with Crippen molar-refractivity contribution >= 4 is 5.97 Å². The van der Waals surface area contributed by atoms with Gasteiger partial charge in [-0.05, 0) is 48.9 Å². The van der Waals surface area contributed by atoms with Gasteiger partial charge >= 0.3 is 5.97 Å². The molecular formula is C20H34O3. The Kier molecular flexibility index (Phi) is 5.60. The minimum atomic E-state index is -0.0611. The first-order valence-electron chi connectivity index (χ1n) is 9.17. The number of carbonyl (C=O) groups excluding carboxylic acids is 1. The summed E-state index contributed by atoms with van der Waals surface area (Å²) in [6.07, 6.45) is 5.53. The van der Waals surface area contributed by atoms with Crippen molar-refractivity contribution in [1.29, 1.82) is 0 Å². The number of hydrogen-bond acceptors (Lipinski definition) is 3. The summed E-state index contributed by atoms with van der Waals surface area (Å²) in [5.74, 6) is 1.79. The average Bonchev–Trinajstić information content (AvgIpc) is 2.99. The molecule has 3 nitrogen and oxygen atoms in total. The topological polar surface area (TPSA) is 46.5 Å². The van der Waals surface area contributed by atoms with Crippen LogP contribution in [0.5, 0.6) is 0 Å². The van der Waals surface area contributed by atoms with E-state index in [2.05, 4.69) is 40.7 Å². The molecule has 132 valence electrons. The second kappa shape index (κ2) is 6.96. The lowest BCUT2D eigenvalue weighted by Gasteiger charge is -2.36. The minimum absolute atomic E-state index is 0.0354. The molecule has 2 fully saturated rings. The van der Waals surface area contributed by atoms with E-state index in [-0.39, 0.29) is 35.9 Å². The standard InChI is InChI=1S/C20H34O3/c1-12(2)15-8-7-13(3)10-17(15)23-19(22)18-16(20(18,5)6)9-14(4)11-21/h9,12-13,15-18,21H,7-8,10-11H2,1-6H3/b14-9+. The zero-order valence-corrected chi connectivity index (χ0v) is 15.6. The number of rotatable bonds is 5. The smallest absolute Gasteiger partial charge is 0.310 e. The predicted octanol–water partition coefficient (Wildman–Crippen LogP) is 4.20. The summed E-state index contributed by atoms with van der Waals surface area (Å²) in [4.78, 5) is 12.7. The van der Waals surface area contributed by atoms with Crippen LogP contribution in [-0.4, -0.2) is 23.8 Å². The van der Waals surface area contributed by atoms with Gasteiger partial charge in [0.1, 0.15) is 6.10 Å². The van der Waals surface area contributed by atoms with Gasteiger partial charge in [0, 0.05) is 0 Å². The van der Waals surface area contributed by atoms with Crippen molar-refractivity contribution in [2.75, 3.05) is 6.61 Å². The van der Waals surface area contributed by atoms with Crippen LogP contribution >= 0.6 is 0 Å². The first kappa shape index (κ1) is 18.5. The molecule has 2 saturated carbocycles. The van der Waals surface area contributed by atoms with Gasteiger partial charge in [-0.2, -0.15) is 0 Å². The highest BCUT2D eigenvalue weighted by Gasteiger charge is 2.61. The molecule has 2 rings (SSSR count). The van der Waals surface area contributed by atoms with E-state index in [0.717, 1.165) is 18.4 Å². The number of ether oxygens (including phenoxy) is 1.